The summed E-state index contributed by atoms with van der Waals surface area (Å²) in [7, 11) is -3.61. The molecule has 1 saturated heterocycles. The van der Waals surface area contributed by atoms with Crippen molar-refractivity contribution in [3.63, 3.8) is 0 Å². The molecule has 2 heterocycles. The smallest absolute Gasteiger partial charge is 0.243 e. The molecule has 1 fully saturated rings. The Morgan fingerprint density at radius 1 is 1.06 bits per heavy atom. The maximum Gasteiger partial charge on any atom is 0.243 e. The first kappa shape index (κ1) is 23.9. The van der Waals surface area contributed by atoms with E-state index in [1.54, 1.807) is 27.8 Å². The Labute approximate surface area is 200 Å². The number of para-hydroxylation sites is 1. The molecule has 1 aliphatic heterocycles. The number of ether oxygens (including phenoxy) is 1. The number of unbranched alkanes of at least 4 members (excludes halogenated alkanes) is 1. The lowest BCUT2D eigenvalue weighted by Gasteiger charge is -2.34. The van der Waals surface area contributed by atoms with Crippen molar-refractivity contribution in [1.82, 2.24) is 8.87 Å². The standard InChI is InChI=1S/C25H31N3O3S2/c1-4-5-14-28-24(18-32-25(28)26-22-11-7-6-8-12-22)21-10-9-13-23(15-21)33(29,30)27-16-19(2)31-20(3)17-27/h6-13,15,18-20H,4-5,14,16-17H2,1-3H3/t19-,20-/m1/s1. The van der Waals surface area contributed by atoms with Gasteiger partial charge >= 0.3 is 0 Å². The average molecular weight is 486 g/mol. The first-order valence-corrected chi connectivity index (χ1v) is 13.7. The van der Waals surface area contributed by atoms with Crippen LogP contribution in [0.5, 0.6) is 0 Å². The highest BCUT2D eigenvalue weighted by atomic mass is 32.2. The number of hydrogen-bond acceptors (Lipinski definition) is 5. The summed E-state index contributed by atoms with van der Waals surface area (Å²) >= 11 is 1.58. The third-order valence-corrected chi connectivity index (χ3v) is 8.36. The molecule has 2 atom stereocenters. The van der Waals surface area contributed by atoms with Gasteiger partial charge in [-0.05, 0) is 44.5 Å². The number of thiazole rings is 1. The number of sulfonamides is 1. The van der Waals surface area contributed by atoms with Gasteiger partial charge in [-0.1, -0.05) is 43.7 Å². The molecule has 8 heteroatoms. The first-order chi connectivity index (χ1) is 15.9. The van der Waals surface area contributed by atoms with E-state index in [-0.39, 0.29) is 12.2 Å². The fourth-order valence-corrected chi connectivity index (χ4v) is 6.68. The van der Waals surface area contributed by atoms with E-state index in [1.807, 2.05) is 56.3 Å². The highest BCUT2D eigenvalue weighted by molar-refractivity contribution is 7.89. The maximum absolute atomic E-state index is 13.4. The SMILES string of the molecule is CCCCn1c(-c2cccc(S(=O)(=O)N3C[C@@H](C)O[C@H](C)C3)c2)csc1=Nc1ccccc1. The largest absolute Gasteiger partial charge is 0.373 e. The van der Waals surface area contributed by atoms with Gasteiger partial charge in [0.1, 0.15) is 0 Å². The van der Waals surface area contributed by atoms with E-state index in [4.69, 9.17) is 9.73 Å². The van der Waals surface area contributed by atoms with Crippen LogP contribution in [0.25, 0.3) is 11.3 Å². The third kappa shape index (κ3) is 5.46. The monoisotopic (exact) mass is 485 g/mol. The fourth-order valence-electron chi connectivity index (χ4n) is 4.09. The van der Waals surface area contributed by atoms with Gasteiger partial charge in [-0.3, -0.25) is 0 Å². The van der Waals surface area contributed by atoms with Gasteiger partial charge in [0.05, 0.1) is 28.5 Å². The van der Waals surface area contributed by atoms with Crippen LogP contribution in [0.15, 0.2) is 69.9 Å². The predicted molar refractivity (Wildman–Crippen MR) is 133 cm³/mol. The Morgan fingerprint density at radius 3 is 2.48 bits per heavy atom. The van der Waals surface area contributed by atoms with Crippen molar-refractivity contribution in [3.05, 3.63) is 64.8 Å². The van der Waals surface area contributed by atoms with Crippen molar-refractivity contribution in [3.8, 4) is 11.3 Å². The molecule has 3 aromatic rings. The van der Waals surface area contributed by atoms with Crippen LogP contribution in [0.3, 0.4) is 0 Å². The molecule has 0 amide bonds. The zero-order valence-electron chi connectivity index (χ0n) is 19.3. The van der Waals surface area contributed by atoms with E-state index in [0.717, 1.165) is 41.1 Å². The van der Waals surface area contributed by atoms with Gasteiger partial charge in [-0.25, -0.2) is 13.4 Å². The second-order valence-corrected chi connectivity index (χ2v) is 11.2. The highest BCUT2D eigenvalue weighted by Crippen LogP contribution is 2.27. The van der Waals surface area contributed by atoms with Crippen LogP contribution in [0.4, 0.5) is 5.69 Å². The molecule has 2 aromatic carbocycles. The fraction of sp³-hybridized carbons (Fsp3) is 0.400. The van der Waals surface area contributed by atoms with E-state index >= 15 is 0 Å². The van der Waals surface area contributed by atoms with Crippen LogP contribution in [0.2, 0.25) is 0 Å². The van der Waals surface area contributed by atoms with Crippen molar-refractivity contribution < 1.29 is 13.2 Å². The van der Waals surface area contributed by atoms with E-state index in [9.17, 15) is 8.42 Å². The van der Waals surface area contributed by atoms with Crippen LogP contribution in [-0.4, -0.2) is 42.6 Å². The minimum atomic E-state index is -3.61. The number of nitrogens with zero attached hydrogens (tertiary/aromatic N) is 3. The van der Waals surface area contributed by atoms with Crippen molar-refractivity contribution >= 4 is 27.0 Å². The van der Waals surface area contributed by atoms with E-state index in [1.165, 1.54) is 0 Å². The molecular formula is C25H31N3O3S2. The lowest BCUT2D eigenvalue weighted by Crippen LogP contribution is -2.48. The van der Waals surface area contributed by atoms with Gasteiger partial charge in [-0.15, -0.1) is 11.3 Å². The van der Waals surface area contributed by atoms with Crippen molar-refractivity contribution in [1.29, 1.82) is 0 Å². The molecule has 0 aliphatic carbocycles. The summed E-state index contributed by atoms with van der Waals surface area (Å²) in [6.45, 7) is 7.55. The van der Waals surface area contributed by atoms with E-state index in [2.05, 4.69) is 16.9 Å². The molecule has 0 radical (unpaired) electrons. The second-order valence-electron chi connectivity index (χ2n) is 8.46. The molecule has 1 aliphatic rings. The predicted octanol–water partition coefficient (Wildman–Crippen LogP) is 5.05. The maximum atomic E-state index is 13.4. The van der Waals surface area contributed by atoms with Gasteiger partial charge in [0.2, 0.25) is 10.0 Å². The van der Waals surface area contributed by atoms with Crippen LogP contribution in [-0.2, 0) is 21.3 Å². The van der Waals surface area contributed by atoms with Gasteiger partial charge in [0.15, 0.2) is 4.80 Å². The normalized spacial score (nSPS) is 20.3. The molecule has 0 N–H and O–H groups in total. The van der Waals surface area contributed by atoms with Crippen LogP contribution in [0, 0.1) is 0 Å². The molecule has 1 aromatic heterocycles. The van der Waals surface area contributed by atoms with Crippen molar-refractivity contribution in [2.45, 2.75) is 57.3 Å². The first-order valence-electron chi connectivity index (χ1n) is 11.4. The summed E-state index contributed by atoms with van der Waals surface area (Å²) in [5.74, 6) is 0. The minimum Gasteiger partial charge on any atom is -0.373 e. The second kappa shape index (κ2) is 10.3. The molecule has 176 valence electrons. The van der Waals surface area contributed by atoms with Crippen LogP contribution < -0.4 is 4.80 Å². The van der Waals surface area contributed by atoms with E-state index in [0.29, 0.717) is 18.0 Å². The topological polar surface area (TPSA) is 63.9 Å². The van der Waals surface area contributed by atoms with Gasteiger partial charge in [0, 0.05) is 30.6 Å². The number of rotatable bonds is 7. The Balaban J connectivity index is 1.73. The van der Waals surface area contributed by atoms with Gasteiger partial charge in [-0.2, -0.15) is 4.31 Å². The zero-order chi connectivity index (χ0) is 23.4. The molecule has 4 rings (SSSR count). The lowest BCUT2D eigenvalue weighted by atomic mass is 10.1. The quantitative estimate of drug-likeness (QED) is 0.471. The summed E-state index contributed by atoms with van der Waals surface area (Å²) in [4.78, 5) is 6.07. The molecule has 6 nitrogen and oxygen atoms in total. The minimum absolute atomic E-state index is 0.123. The van der Waals surface area contributed by atoms with Crippen LogP contribution >= 0.6 is 11.3 Å². The van der Waals surface area contributed by atoms with Gasteiger partial charge < -0.3 is 9.30 Å². The summed E-state index contributed by atoms with van der Waals surface area (Å²) in [6, 6.07) is 17.2. The molecular weight excluding hydrogens is 454 g/mol. The molecule has 33 heavy (non-hydrogen) atoms. The lowest BCUT2D eigenvalue weighted by molar-refractivity contribution is -0.0440. The molecule has 0 spiro atoms. The summed E-state index contributed by atoms with van der Waals surface area (Å²) in [6.07, 6.45) is 1.84. The Bertz CT molecular complexity index is 1240. The molecule has 0 saturated carbocycles. The number of aromatic nitrogens is 1. The number of hydrogen-bond donors (Lipinski definition) is 0. The summed E-state index contributed by atoms with van der Waals surface area (Å²) in [5.41, 5.74) is 2.78. The average Bonchev–Trinajstić information content (AvgIpc) is 3.20. The summed E-state index contributed by atoms with van der Waals surface area (Å²) < 4.78 is 36.3. The molecule has 0 unspecified atom stereocenters. The third-order valence-electron chi connectivity index (χ3n) is 5.67. The van der Waals surface area contributed by atoms with Crippen molar-refractivity contribution in [2.75, 3.05) is 13.1 Å². The zero-order valence-corrected chi connectivity index (χ0v) is 21.0. The van der Waals surface area contributed by atoms with Crippen LogP contribution in [0.1, 0.15) is 33.6 Å². The van der Waals surface area contributed by atoms with Crippen molar-refractivity contribution in [2.24, 2.45) is 4.99 Å². The van der Waals surface area contributed by atoms with E-state index < -0.39 is 10.0 Å². The summed E-state index contributed by atoms with van der Waals surface area (Å²) in [5, 5.41) is 2.07. The Kier molecular flexibility index (Phi) is 7.48. The number of morpholine rings is 1. The molecule has 0 bridgehead atoms. The van der Waals surface area contributed by atoms with Gasteiger partial charge in [0.25, 0.3) is 0 Å². The highest BCUT2D eigenvalue weighted by Gasteiger charge is 2.32. The Morgan fingerprint density at radius 2 is 1.79 bits per heavy atom. The number of benzene rings is 2. The Hall–Kier alpha value is -2.26.